The number of rotatable bonds is 5. The molecule has 1 aliphatic heterocycles. The summed E-state index contributed by atoms with van der Waals surface area (Å²) >= 11 is 0. The summed E-state index contributed by atoms with van der Waals surface area (Å²) in [5.74, 6) is -0.345. The number of aromatic nitrogens is 2. The lowest BCUT2D eigenvalue weighted by atomic mass is 10.1. The molecule has 0 bridgehead atoms. The fourth-order valence-corrected chi connectivity index (χ4v) is 2.98. The summed E-state index contributed by atoms with van der Waals surface area (Å²) in [4.78, 5) is 14.3. The van der Waals surface area contributed by atoms with E-state index < -0.39 is 0 Å². The van der Waals surface area contributed by atoms with E-state index in [2.05, 4.69) is 24.3 Å². The molecule has 1 N–H and O–H groups in total. The van der Waals surface area contributed by atoms with Gasteiger partial charge in [0, 0.05) is 25.3 Å². The first-order valence-electron chi connectivity index (χ1n) is 8.36. The molecule has 1 atom stereocenters. The Morgan fingerprint density at radius 1 is 1.38 bits per heavy atom. The average Bonchev–Trinajstić information content (AvgIpc) is 3.22. The van der Waals surface area contributed by atoms with Crippen LogP contribution in [0.5, 0.6) is 0 Å². The van der Waals surface area contributed by atoms with E-state index in [0.29, 0.717) is 31.4 Å². The molecule has 2 heterocycles. The van der Waals surface area contributed by atoms with Crippen LogP contribution >= 0.6 is 0 Å². The van der Waals surface area contributed by atoms with Gasteiger partial charge in [0.2, 0.25) is 5.91 Å². The van der Waals surface area contributed by atoms with E-state index >= 15 is 0 Å². The minimum atomic E-state index is -0.238. The Kier molecular flexibility index (Phi) is 4.83. The van der Waals surface area contributed by atoms with Crippen molar-refractivity contribution in [2.75, 3.05) is 18.0 Å². The summed E-state index contributed by atoms with van der Waals surface area (Å²) < 4.78 is 15.7. The van der Waals surface area contributed by atoms with Crippen molar-refractivity contribution in [2.45, 2.75) is 32.9 Å². The summed E-state index contributed by atoms with van der Waals surface area (Å²) in [5.41, 5.74) is 1.42. The molecule has 24 heavy (non-hydrogen) atoms. The number of carbonyl (C=O) groups is 1. The van der Waals surface area contributed by atoms with E-state index in [-0.39, 0.29) is 17.6 Å². The molecule has 1 fully saturated rings. The van der Waals surface area contributed by atoms with Gasteiger partial charge >= 0.3 is 0 Å². The van der Waals surface area contributed by atoms with Gasteiger partial charge in [0.05, 0.1) is 23.8 Å². The first-order valence-corrected chi connectivity index (χ1v) is 8.36. The van der Waals surface area contributed by atoms with Gasteiger partial charge in [-0.3, -0.25) is 9.48 Å². The summed E-state index contributed by atoms with van der Waals surface area (Å²) in [7, 11) is 0. The van der Waals surface area contributed by atoms with Gasteiger partial charge in [0.1, 0.15) is 5.82 Å². The second-order valence-corrected chi connectivity index (χ2v) is 6.48. The van der Waals surface area contributed by atoms with Crippen molar-refractivity contribution < 1.29 is 9.18 Å². The second-order valence-electron chi connectivity index (χ2n) is 6.48. The zero-order valence-electron chi connectivity index (χ0n) is 14.1. The number of hydrogen-bond acceptors (Lipinski definition) is 3. The molecule has 3 rings (SSSR count). The van der Waals surface area contributed by atoms with Gasteiger partial charge in [-0.1, -0.05) is 12.1 Å². The van der Waals surface area contributed by atoms with Gasteiger partial charge < -0.3 is 10.2 Å². The van der Waals surface area contributed by atoms with Crippen LogP contribution in [0, 0.1) is 11.7 Å². The van der Waals surface area contributed by atoms with E-state index in [0.717, 1.165) is 12.1 Å². The molecule has 128 valence electrons. The molecular formula is C18H23FN4O. The van der Waals surface area contributed by atoms with Crippen LogP contribution in [0.2, 0.25) is 0 Å². The van der Waals surface area contributed by atoms with Crippen LogP contribution < -0.4 is 10.2 Å². The Balaban J connectivity index is 1.54. The third-order valence-corrected chi connectivity index (χ3v) is 4.39. The van der Waals surface area contributed by atoms with Crippen LogP contribution in [0.3, 0.4) is 0 Å². The number of carbonyl (C=O) groups excluding carboxylic acids is 1. The lowest BCUT2D eigenvalue weighted by Gasteiger charge is -2.19. The van der Waals surface area contributed by atoms with Crippen molar-refractivity contribution in [1.82, 2.24) is 15.1 Å². The highest BCUT2D eigenvalue weighted by molar-refractivity contribution is 5.80. The van der Waals surface area contributed by atoms with Crippen LogP contribution in [-0.2, 0) is 11.3 Å². The van der Waals surface area contributed by atoms with E-state index in [1.54, 1.807) is 12.1 Å². The molecule has 2 aromatic rings. The molecule has 1 aromatic heterocycles. The largest absolute Gasteiger partial charge is 0.368 e. The fraction of sp³-hybridized carbons (Fsp3) is 0.444. The smallest absolute Gasteiger partial charge is 0.225 e. The Morgan fingerprint density at radius 3 is 2.88 bits per heavy atom. The summed E-state index contributed by atoms with van der Waals surface area (Å²) in [6.45, 7) is 5.79. The van der Waals surface area contributed by atoms with Crippen molar-refractivity contribution in [3.63, 3.8) is 0 Å². The van der Waals surface area contributed by atoms with Gasteiger partial charge in [0.25, 0.3) is 0 Å². The number of benzene rings is 1. The fourth-order valence-electron chi connectivity index (χ4n) is 2.98. The Bertz CT molecular complexity index is 713. The number of hydrogen-bond donors (Lipinski definition) is 1. The molecule has 1 amide bonds. The monoisotopic (exact) mass is 330 g/mol. The first-order chi connectivity index (χ1) is 11.5. The molecule has 1 unspecified atom stereocenters. The Hall–Kier alpha value is -2.37. The quantitative estimate of drug-likeness (QED) is 0.917. The zero-order chi connectivity index (χ0) is 17.1. The molecule has 0 radical (unpaired) electrons. The van der Waals surface area contributed by atoms with E-state index in [1.165, 1.54) is 6.07 Å². The molecular weight excluding hydrogens is 307 g/mol. The van der Waals surface area contributed by atoms with Gasteiger partial charge in [-0.15, -0.1) is 0 Å². The molecule has 6 heteroatoms. The van der Waals surface area contributed by atoms with Crippen molar-refractivity contribution in [2.24, 2.45) is 5.92 Å². The highest BCUT2D eigenvalue weighted by Crippen LogP contribution is 2.26. The summed E-state index contributed by atoms with van der Waals surface area (Å²) in [6, 6.07) is 8.92. The molecule has 0 aliphatic carbocycles. The molecule has 1 aromatic carbocycles. The number of halogens is 1. The SMILES string of the molecule is CC(C)n1ccc(CNC(=O)C2CCN(c3ccccc3F)C2)n1. The van der Waals surface area contributed by atoms with Crippen LogP contribution in [0.1, 0.15) is 32.0 Å². The predicted octanol–water partition coefficient (Wildman–Crippen LogP) is 2.75. The van der Waals surface area contributed by atoms with Crippen LogP contribution in [0.15, 0.2) is 36.5 Å². The third kappa shape index (κ3) is 3.58. The molecule has 1 aliphatic rings. The van der Waals surface area contributed by atoms with E-state index in [1.807, 2.05) is 27.9 Å². The average molecular weight is 330 g/mol. The van der Waals surface area contributed by atoms with Crippen LogP contribution in [0.25, 0.3) is 0 Å². The predicted molar refractivity (Wildman–Crippen MR) is 91.2 cm³/mol. The van der Waals surface area contributed by atoms with Crippen molar-refractivity contribution >= 4 is 11.6 Å². The summed E-state index contributed by atoms with van der Waals surface area (Å²) in [5, 5.41) is 7.37. The topological polar surface area (TPSA) is 50.2 Å². The maximum atomic E-state index is 13.9. The number of para-hydroxylation sites is 1. The first kappa shape index (κ1) is 16.5. The van der Waals surface area contributed by atoms with Gasteiger partial charge in [-0.2, -0.15) is 5.10 Å². The second kappa shape index (κ2) is 7.03. The van der Waals surface area contributed by atoms with Crippen LogP contribution in [-0.4, -0.2) is 28.8 Å². The lowest BCUT2D eigenvalue weighted by Crippen LogP contribution is -2.32. The Morgan fingerprint density at radius 2 is 2.17 bits per heavy atom. The minimum Gasteiger partial charge on any atom is -0.368 e. The highest BCUT2D eigenvalue weighted by Gasteiger charge is 2.29. The molecule has 0 spiro atoms. The van der Waals surface area contributed by atoms with E-state index in [4.69, 9.17) is 0 Å². The maximum Gasteiger partial charge on any atom is 0.225 e. The van der Waals surface area contributed by atoms with Gasteiger partial charge in [0.15, 0.2) is 0 Å². The third-order valence-electron chi connectivity index (χ3n) is 4.39. The van der Waals surface area contributed by atoms with Crippen LogP contribution in [0.4, 0.5) is 10.1 Å². The lowest BCUT2D eigenvalue weighted by molar-refractivity contribution is -0.124. The standard InChI is InChI=1S/C18H23FN4O/c1-13(2)23-10-8-15(21-23)11-20-18(24)14-7-9-22(12-14)17-6-4-3-5-16(17)19/h3-6,8,10,13-14H,7,9,11-12H2,1-2H3,(H,20,24). The summed E-state index contributed by atoms with van der Waals surface area (Å²) in [6.07, 6.45) is 2.66. The minimum absolute atomic E-state index is 0.00735. The normalized spacial score (nSPS) is 17.5. The number of anilines is 1. The molecule has 5 nitrogen and oxygen atoms in total. The van der Waals surface area contributed by atoms with E-state index in [9.17, 15) is 9.18 Å². The zero-order valence-corrected chi connectivity index (χ0v) is 14.1. The highest BCUT2D eigenvalue weighted by atomic mass is 19.1. The van der Waals surface area contributed by atoms with Crippen molar-refractivity contribution in [3.8, 4) is 0 Å². The number of nitrogens with zero attached hydrogens (tertiary/aromatic N) is 3. The molecule has 0 saturated carbocycles. The van der Waals surface area contributed by atoms with Crippen molar-refractivity contribution in [3.05, 3.63) is 48.0 Å². The Labute approximate surface area is 141 Å². The molecule has 1 saturated heterocycles. The van der Waals surface area contributed by atoms with Crippen molar-refractivity contribution in [1.29, 1.82) is 0 Å². The number of nitrogens with one attached hydrogen (secondary N) is 1. The van der Waals surface area contributed by atoms with Gasteiger partial charge in [-0.05, 0) is 38.5 Å². The maximum absolute atomic E-state index is 13.9. The van der Waals surface area contributed by atoms with Gasteiger partial charge in [-0.25, -0.2) is 4.39 Å². The number of amides is 1.